The Morgan fingerprint density at radius 1 is 1.22 bits per heavy atom. The maximum Gasteiger partial charge on any atom is 0.273 e. The Balaban J connectivity index is 1.82. The number of likely N-dealkylation sites (tertiary alicyclic amines) is 1. The molecule has 2 aromatic rings. The molecule has 0 spiro atoms. The molecule has 1 amide bonds. The van der Waals surface area contributed by atoms with Gasteiger partial charge in [0.2, 0.25) is 0 Å². The topological polar surface area (TPSA) is 50.3 Å². The molecule has 1 aromatic heterocycles. The Morgan fingerprint density at radius 3 is 2.87 bits per heavy atom. The molecule has 4 nitrogen and oxygen atoms in total. The van der Waals surface area contributed by atoms with Gasteiger partial charge in [-0.1, -0.05) is 35.3 Å². The minimum Gasteiger partial charge on any atom is -0.337 e. The number of rotatable bonds is 2. The van der Waals surface area contributed by atoms with E-state index in [1.165, 1.54) is 11.3 Å². The highest BCUT2D eigenvalue weighted by atomic mass is 35.5. The first kappa shape index (κ1) is 16.4. The molecule has 1 aliphatic rings. The lowest BCUT2D eigenvalue weighted by atomic mass is 10.2. The van der Waals surface area contributed by atoms with E-state index in [4.69, 9.17) is 23.2 Å². The molecule has 0 saturated carbocycles. The summed E-state index contributed by atoms with van der Waals surface area (Å²) >= 11 is 13.6. The summed E-state index contributed by atoms with van der Waals surface area (Å²) < 4.78 is 0. The first-order valence-electron chi connectivity index (χ1n) is 7.27. The van der Waals surface area contributed by atoms with E-state index >= 15 is 0 Å². The van der Waals surface area contributed by atoms with E-state index in [0.717, 1.165) is 0 Å². The van der Waals surface area contributed by atoms with Crippen molar-refractivity contribution in [1.29, 1.82) is 0 Å². The van der Waals surface area contributed by atoms with Gasteiger partial charge in [0, 0.05) is 36.9 Å². The molecular weight excluding hydrogens is 355 g/mol. The summed E-state index contributed by atoms with van der Waals surface area (Å²) in [5.74, 6) is 0.0744. The lowest BCUT2D eigenvalue weighted by Gasteiger charge is -2.18. The summed E-state index contributed by atoms with van der Waals surface area (Å²) in [7, 11) is 0. The Kier molecular flexibility index (Phi) is 4.99. The predicted octanol–water partition coefficient (Wildman–Crippen LogP) is 4.31. The van der Waals surface area contributed by atoms with Crippen LogP contribution in [0.25, 0.3) is 10.6 Å². The van der Waals surface area contributed by atoms with Gasteiger partial charge in [0.05, 0.1) is 10.0 Å². The molecule has 0 aliphatic carbocycles. The summed E-state index contributed by atoms with van der Waals surface area (Å²) in [6.07, 6.45) is 1.68. The van der Waals surface area contributed by atoms with Crippen molar-refractivity contribution in [3.63, 3.8) is 0 Å². The Morgan fingerprint density at radius 2 is 2.04 bits per heavy atom. The zero-order valence-corrected chi connectivity index (χ0v) is 14.5. The van der Waals surface area contributed by atoms with Gasteiger partial charge in [-0.05, 0) is 12.5 Å². The molecule has 0 atom stereocenters. The van der Waals surface area contributed by atoms with Gasteiger partial charge in [-0.3, -0.25) is 9.59 Å². The second kappa shape index (κ2) is 6.99. The molecule has 3 rings (SSSR count). The van der Waals surface area contributed by atoms with Crippen molar-refractivity contribution in [1.82, 2.24) is 9.88 Å². The lowest BCUT2D eigenvalue weighted by Crippen LogP contribution is -2.32. The van der Waals surface area contributed by atoms with E-state index in [9.17, 15) is 9.59 Å². The molecule has 1 aliphatic heterocycles. The molecule has 1 saturated heterocycles. The lowest BCUT2D eigenvalue weighted by molar-refractivity contribution is -0.118. The Labute approximate surface area is 148 Å². The third-order valence-corrected chi connectivity index (χ3v) is 5.43. The molecule has 0 unspecified atom stereocenters. The average molecular weight is 369 g/mol. The monoisotopic (exact) mass is 368 g/mol. The van der Waals surface area contributed by atoms with Crippen molar-refractivity contribution in [3.8, 4) is 10.6 Å². The van der Waals surface area contributed by atoms with Gasteiger partial charge >= 0.3 is 0 Å². The molecule has 2 heterocycles. The number of ketones is 1. The Bertz CT molecular complexity index is 760. The SMILES string of the molecule is O=C1CCCN(C(=O)c2csc(-c3cccc(Cl)c3Cl)n2)CC1. The van der Waals surface area contributed by atoms with Crippen LogP contribution in [0.3, 0.4) is 0 Å². The van der Waals surface area contributed by atoms with Crippen LogP contribution in [0.15, 0.2) is 23.6 Å². The van der Waals surface area contributed by atoms with Gasteiger partial charge in [0.15, 0.2) is 0 Å². The van der Waals surface area contributed by atoms with E-state index in [1.807, 2.05) is 6.07 Å². The van der Waals surface area contributed by atoms with Crippen molar-refractivity contribution in [2.75, 3.05) is 13.1 Å². The fourth-order valence-electron chi connectivity index (χ4n) is 2.49. The van der Waals surface area contributed by atoms with Crippen LogP contribution in [0, 0.1) is 0 Å². The highest BCUT2D eigenvalue weighted by molar-refractivity contribution is 7.13. The first-order valence-corrected chi connectivity index (χ1v) is 8.90. The van der Waals surface area contributed by atoms with Crippen LogP contribution in [0.2, 0.25) is 10.0 Å². The van der Waals surface area contributed by atoms with Crippen LogP contribution >= 0.6 is 34.5 Å². The van der Waals surface area contributed by atoms with Crippen molar-refractivity contribution in [2.45, 2.75) is 19.3 Å². The van der Waals surface area contributed by atoms with Gasteiger partial charge in [-0.15, -0.1) is 11.3 Å². The molecule has 1 fully saturated rings. The molecule has 0 radical (unpaired) electrons. The van der Waals surface area contributed by atoms with Crippen molar-refractivity contribution >= 4 is 46.2 Å². The molecular formula is C16H14Cl2N2O2S. The molecule has 120 valence electrons. The van der Waals surface area contributed by atoms with Crippen molar-refractivity contribution in [3.05, 3.63) is 39.3 Å². The van der Waals surface area contributed by atoms with Crippen LogP contribution < -0.4 is 0 Å². The standard InChI is InChI=1S/C16H14Cl2N2O2S/c17-12-5-1-4-11(14(12)18)15-19-13(9-23-15)16(22)20-7-2-3-10(21)6-8-20/h1,4-5,9H,2-3,6-8H2. The normalized spacial score (nSPS) is 15.6. The number of amides is 1. The number of halogens is 2. The zero-order chi connectivity index (χ0) is 16.4. The van der Waals surface area contributed by atoms with Crippen molar-refractivity contribution < 1.29 is 9.59 Å². The fourth-order valence-corrected chi connectivity index (χ4v) is 3.76. The number of thiazole rings is 1. The largest absolute Gasteiger partial charge is 0.337 e. The predicted molar refractivity (Wildman–Crippen MR) is 92.3 cm³/mol. The quantitative estimate of drug-likeness (QED) is 0.793. The van der Waals surface area contributed by atoms with E-state index < -0.39 is 0 Å². The van der Waals surface area contributed by atoms with Crippen LogP contribution in [0.5, 0.6) is 0 Å². The number of Topliss-reactive ketones (excluding diaryl/α,β-unsaturated/α-hetero) is 1. The van der Waals surface area contributed by atoms with Gasteiger partial charge in [0.1, 0.15) is 16.5 Å². The Hall–Kier alpha value is -1.43. The van der Waals surface area contributed by atoms with E-state index in [1.54, 1.807) is 22.4 Å². The number of hydrogen-bond acceptors (Lipinski definition) is 4. The maximum atomic E-state index is 12.6. The molecule has 0 N–H and O–H groups in total. The van der Waals surface area contributed by atoms with Crippen LogP contribution in [-0.4, -0.2) is 34.7 Å². The molecule has 1 aromatic carbocycles. The molecule has 0 bridgehead atoms. The third kappa shape index (κ3) is 3.57. The fraction of sp³-hybridized carbons (Fsp3) is 0.312. The van der Waals surface area contributed by atoms with E-state index in [2.05, 4.69) is 4.98 Å². The maximum absolute atomic E-state index is 12.6. The van der Waals surface area contributed by atoms with Crippen LogP contribution in [0.4, 0.5) is 0 Å². The highest BCUT2D eigenvalue weighted by Gasteiger charge is 2.22. The number of hydrogen-bond donors (Lipinski definition) is 0. The van der Waals surface area contributed by atoms with Crippen LogP contribution in [-0.2, 0) is 4.79 Å². The van der Waals surface area contributed by atoms with E-state index in [-0.39, 0.29) is 11.7 Å². The highest BCUT2D eigenvalue weighted by Crippen LogP contribution is 2.35. The smallest absolute Gasteiger partial charge is 0.273 e. The number of carbonyl (C=O) groups is 2. The molecule has 23 heavy (non-hydrogen) atoms. The van der Waals surface area contributed by atoms with E-state index in [0.29, 0.717) is 58.7 Å². The number of carbonyl (C=O) groups excluding carboxylic acids is 2. The van der Waals surface area contributed by atoms with Gasteiger partial charge in [0.25, 0.3) is 5.91 Å². The van der Waals surface area contributed by atoms with Crippen LogP contribution in [0.1, 0.15) is 29.8 Å². The summed E-state index contributed by atoms with van der Waals surface area (Å²) in [5, 5.41) is 3.27. The minimum atomic E-state index is -0.139. The van der Waals surface area contributed by atoms with Gasteiger partial charge in [-0.2, -0.15) is 0 Å². The second-order valence-electron chi connectivity index (χ2n) is 5.32. The van der Waals surface area contributed by atoms with Gasteiger partial charge in [-0.25, -0.2) is 4.98 Å². The number of nitrogens with zero attached hydrogens (tertiary/aromatic N) is 2. The average Bonchev–Trinajstić information content (AvgIpc) is 2.92. The summed E-state index contributed by atoms with van der Waals surface area (Å²) in [4.78, 5) is 30.1. The summed E-state index contributed by atoms with van der Waals surface area (Å²) in [5.41, 5.74) is 1.10. The number of aromatic nitrogens is 1. The van der Waals surface area contributed by atoms with Crippen molar-refractivity contribution in [2.24, 2.45) is 0 Å². The third-order valence-electron chi connectivity index (χ3n) is 3.74. The minimum absolute atomic E-state index is 0.139. The summed E-state index contributed by atoms with van der Waals surface area (Å²) in [6.45, 7) is 1.05. The first-order chi connectivity index (χ1) is 11.1. The summed E-state index contributed by atoms with van der Waals surface area (Å²) in [6, 6.07) is 5.33. The zero-order valence-electron chi connectivity index (χ0n) is 12.2. The van der Waals surface area contributed by atoms with Gasteiger partial charge < -0.3 is 4.90 Å². The second-order valence-corrected chi connectivity index (χ2v) is 6.97. The molecule has 7 heteroatoms. The number of benzene rings is 1.